The first-order valence-corrected chi connectivity index (χ1v) is 12.1. The average molecular weight is 541 g/mol. The molecular weight excluding hydrogens is 505 g/mol. The van der Waals surface area contributed by atoms with Crippen LogP contribution in [-0.4, -0.2) is 84.4 Å². The summed E-state index contributed by atoms with van der Waals surface area (Å²) in [7, 11) is 0. The molecule has 0 aromatic carbocycles. The van der Waals surface area contributed by atoms with E-state index in [1.807, 2.05) is 6.92 Å². The molecule has 0 aliphatic carbocycles. The van der Waals surface area contributed by atoms with Crippen molar-refractivity contribution in [3.8, 4) is 0 Å². The van der Waals surface area contributed by atoms with Crippen molar-refractivity contribution in [1.82, 2.24) is 16.0 Å². The smallest absolute Gasteiger partial charge is 0.480 e. The van der Waals surface area contributed by atoms with Gasteiger partial charge >= 0.3 is 24.2 Å². The highest BCUT2D eigenvalue weighted by Crippen LogP contribution is 2.22. The molecule has 2 atom stereocenters. The zero-order chi connectivity index (χ0) is 27.8. The molecule has 2 aliphatic rings. The Balaban J connectivity index is 0.000000856. The monoisotopic (exact) mass is 540 g/mol. The van der Waals surface area contributed by atoms with E-state index < -0.39 is 30.2 Å². The van der Waals surface area contributed by atoms with Crippen LogP contribution in [0.3, 0.4) is 0 Å². The van der Waals surface area contributed by atoms with Gasteiger partial charge in [0.05, 0.1) is 18.7 Å². The molecule has 12 nitrogen and oxygen atoms in total. The van der Waals surface area contributed by atoms with Crippen molar-refractivity contribution in [3.63, 3.8) is 0 Å². The van der Waals surface area contributed by atoms with Crippen LogP contribution in [0.2, 0.25) is 0 Å². The van der Waals surface area contributed by atoms with Crippen molar-refractivity contribution in [1.29, 1.82) is 0 Å². The Morgan fingerprint density at radius 3 is 2.43 bits per heavy atom. The second kappa shape index (κ2) is 16.6. The lowest BCUT2D eigenvalue weighted by Crippen LogP contribution is -2.48. The minimum absolute atomic E-state index is 0.0909. The molecule has 212 valence electrons. The lowest BCUT2D eigenvalue weighted by Gasteiger charge is -2.22. The van der Waals surface area contributed by atoms with E-state index in [0.717, 1.165) is 38.1 Å². The number of nitrogens with zero attached hydrogens (tertiary/aromatic N) is 1. The summed E-state index contributed by atoms with van der Waals surface area (Å²) >= 11 is 0. The van der Waals surface area contributed by atoms with E-state index in [9.17, 15) is 32.7 Å². The molecule has 2 aliphatic heterocycles. The van der Waals surface area contributed by atoms with Gasteiger partial charge in [0, 0.05) is 13.0 Å². The van der Waals surface area contributed by atoms with Crippen LogP contribution in [0.1, 0.15) is 58.3 Å². The molecule has 2 rings (SSSR count). The van der Waals surface area contributed by atoms with Crippen LogP contribution in [0, 0.1) is 5.92 Å². The Hall–Kier alpha value is -3.10. The van der Waals surface area contributed by atoms with Crippen LogP contribution < -0.4 is 16.0 Å². The Labute approximate surface area is 212 Å². The predicted molar refractivity (Wildman–Crippen MR) is 124 cm³/mol. The van der Waals surface area contributed by atoms with Gasteiger partial charge < -0.3 is 35.7 Å². The summed E-state index contributed by atoms with van der Waals surface area (Å²) in [4.78, 5) is 49.3. The Kier molecular flexibility index (Phi) is 14.3. The number of aliphatic carboxylic acids is 2. The fraction of sp³-hybridized carbons (Fsp3) is 0.773. The molecule has 0 radical (unpaired) electrons. The highest BCUT2D eigenvalue weighted by atomic mass is 19.4. The fourth-order valence-electron chi connectivity index (χ4n) is 3.47. The van der Waals surface area contributed by atoms with Crippen molar-refractivity contribution in [2.45, 2.75) is 76.6 Å². The van der Waals surface area contributed by atoms with Gasteiger partial charge in [0.2, 0.25) is 5.91 Å². The standard InChI is InChI=1S/C20H34N4O6.C2HF3O2/c1-2-3-10-29-20(28)23-17(19(26)27)13-22-18(25)12-16-11-15(24-30-16)5-4-14-6-8-21-9-7-14;3-2(4,5)1(6)7/h14,16-17,21H,2-13H2,1H3,(H,22,25)(H,23,28)(H,26,27);(H,6,7)/t16?,17-;/m0./s1. The highest BCUT2D eigenvalue weighted by molar-refractivity contribution is 5.87. The zero-order valence-electron chi connectivity index (χ0n) is 20.6. The first kappa shape index (κ1) is 31.9. The Morgan fingerprint density at radius 2 is 1.86 bits per heavy atom. The number of halogens is 3. The molecule has 0 aromatic heterocycles. The summed E-state index contributed by atoms with van der Waals surface area (Å²) < 4.78 is 36.6. The molecular formula is C22H35F3N4O8. The number of carbonyl (C=O) groups is 4. The van der Waals surface area contributed by atoms with Crippen LogP contribution in [0.5, 0.6) is 0 Å². The topological polar surface area (TPSA) is 176 Å². The largest absolute Gasteiger partial charge is 0.490 e. The summed E-state index contributed by atoms with van der Waals surface area (Å²) in [5.41, 5.74) is 0.978. The number of ether oxygens (including phenoxy) is 1. The average Bonchev–Trinajstić information content (AvgIpc) is 3.28. The van der Waals surface area contributed by atoms with Crippen molar-refractivity contribution >= 4 is 29.7 Å². The van der Waals surface area contributed by atoms with Gasteiger partial charge in [0.15, 0.2) is 0 Å². The van der Waals surface area contributed by atoms with Crippen molar-refractivity contribution in [2.24, 2.45) is 11.1 Å². The normalized spacial score (nSPS) is 18.4. The van der Waals surface area contributed by atoms with Gasteiger partial charge in [-0.15, -0.1) is 0 Å². The summed E-state index contributed by atoms with van der Waals surface area (Å²) in [5, 5.41) is 28.6. The zero-order valence-corrected chi connectivity index (χ0v) is 20.6. The maximum Gasteiger partial charge on any atom is 0.490 e. The number of amides is 2. The molecule has 0 bridgehead atoms. The van der Waals surface area contributed by atoms with Crippen LogP contribution >= 0.6 is 0 Å². The fourth-order valence-corrected chi connectivity index (χ4v) is 3.47. The number of carboxylic acid groups (broad SMARTS) is 2. The van der Waals surface area contributed by atoms with Gasteiger partial charge in [-0.3, -0.25) is 4.79 Å². The molecule has 2 heterocycles. The maximum atomic E-state index is 12.1. The van der Waals surface area contributed by atoms with Crippen molar-refractivity contribution in [3.05, 3.63) is 0 Å². The summed E-state index contributed by atoms with van der Waals surface area (Å²) in [6, 6.07) is -1.26. The summed E-state index contributed by atoms with van der Waals surface area (Å²) in [5.74, 6) is -3.64. The SMILES string of the molecule is CCCCOC(=O)N[C@@H](CNC(=O)CC1CC(CCC2CCNCC2)=NO1)C(=O)O.O=C(O)C(F)(F)F. The third kappa shape index (κ3) is 14.3. The molecule has 0 saturated carbocycles. The lowest BCUT2D eigenvalue weighted by molar-refractivity contribution is -0.192. The predicted octanol–water partition coefficient (Wildman–Crippen LogP) is 2.03. The van der Waals surface area contributed by atoms with E-state index in [0.29, 0.717) is 18.8 Å². The van der Waals surface area contributed by atoms with Crippen LogP contribution in [-0.2, 0) is 24.0 Å². The molecule has 0 aromatic rings. The summed E-state index contributed by atoms with van der Waals surface area (Å²) in [6.45, 7) is 4.08. The molecule has 2 amide bonds. The van der Waals surface area contributed by atoms with Gasteiger partial charge in [-0.2, -0.15) is 13.2 Å². The molecule has 15 heteroatoms. The number of alkyl halides is 3. The van der Waals surface area contributed by atoms with E-state index in [2.05, 4.69) is 21.1 Å². The van der Waals surface area contributed by atoms with E-state index in [1.165, 1.54) is 12.8 Å². The van der Waals surface area contributed by atoms with E-state index >= 15 is 0 Å². The summed E-state index contributed by atoms with van der Waals surface area (Å²) in [6.07, 6.45) is 0.381. The number of oxime groups is 1. The molecule has 1 fully saturated rings. The molecule has 37 heavy (non-hydrogen) atoms. The second-order valence-electron chi connectivity index (χ2n) is 8.66. The Bertz CT molecular complexity index is 788. The van der Waals surface area contributed by atoms with Crippen molar-refractivity contribution < 1.29 is 52.1 Å². The number of carbonyl (C=O) groups excluding carboxylic acids is 2. The van der Waals surface area contributed by atoms with Gasteiger partial charge in [0.25, 0.3) is 0 Å². The minimum Gasteiger partial charge on any atom is -0.480 e. The molecule has 1 unspecified atom stereocenters. The van der Waals surface area contributed by atoms with Gasteiger partial charge in [-0.05, 0) is 51.1 Å². The van der Waals surface area contributed by atoms with Gasteiger partial charge in [0.1, 0.15) is 12.1 Å². The first-order chi connectivity index (χ1) is 17.4. The number of hydrogen-bond donors (Lipinski definition) is 5. The van der Waals surface area contributed by atoms with E-state index in [4.69, 9.17) is 19.5 Å². The second-order valence-corrected chi connectivity index (χ2v) is 8.66. The highest BCUT2D eigenvalue weighted by Gasteiger charge is 2.38. The number of alkyl carbamates (subject to hydrolysis) is 1. The minimum atomic E-state index is -5.08. The maximum absolute atomic E-state index is 12.1. The third-order valence-corrected chi connectivity index (χ3v) is 5.57. The number of unbranched alkanes of at least 4 members (excludes halogenated alkanes) is 1. The quantitative estimate of drug-likeness (QED) is 0.232. The molecule has 0 spiro atoms. The van der Waals surface area contributed by atoms with Crippen molar-refractivity contribution in [2.75, 3.05) is 26.2 Å². The van der Waals surface area contributed by atoms with Gasteiger partial charge in [-0.25, -0.2) is 14.4 Å². The van der Waals surface area contributed by atoms with Crippen LogP contribution in [0.25, 0.3) is 0 Å². The number of rotatable bonds is 12. The Morgan fingerprint density at radius 1 is 1.22 bits per heavy atom. The van der Waals surface area contributed by atoms with Crippen LogP contribution in [0.15, 0.2) is 5.16 Å². The van der Waals surface area contributed by atoms with E-state index in [-0.39, 0.29) is 31.6 Å². The number of carboxylic acids is 2. The number of nitrogens with one attached hydrogen (secondary N) is 3. The third-order valence-electron chi connectivity index (χ3n) is 5.57. The molecule has 5 N–H and O–H groups in total. The van der Waals surface area contributed by atoms with E-state index in [1.54, 1.807) is 0 Å². The lowest BCUT2D eigenvalue weighted by atomic mass is 9.91. The molecule has 1 saturated heterocycles. The first-order valence-electron chi connectivity index (χ1n) is 12.1. The van der Waals surface area contributed by atoms with Gasteiger partial charge in [-0.1, -0.05) is 18.5 Å². The number of hydrogen-bond acceptors (Lipinski definition) is 8. The number of piperidine rings is 1. The van der Waals surface area contributed by atoms with Crippen LogP contribution in [0.4, 0.5) is 18.0 Å².